The van der Waals surface area contributed by atoms with Gasteiger partial charge in [-0.1, -0.05) is 11.6 Å². The van der Waals surface area contributed by atoms with Crippen LogP contribution in [0.25, 0.3) is 0 Å². The lowest BCUT2D eigenvalue weighted by atomic mass is 10.4. The van der Waals surface area contributed by atoms with Gasteiger partial charge in [-0.2, -0.15) is 0 Å². The number of nitrogens with one attached hydrogen (secondary N) is 2. The van der Waals surface area contributed by atoms with Gasteiger partial charge in [0.2, 0.25) is 0 Å². The standard InChI is InChI=1S/C7H8ClN3S/c1-9-7(12)11-5-2-3-6(8)10-4-5/h2-4H,1H3,(H2,9,11,12). The zero-order chi connectivity index (χ0) is 8.97. The van der Waals surface area contributed by atoms with Gasteiger partial charge in [-0.05, 0) is 24.4 Å². The molecular formula is C7H8ClN3S. The molecule has 0 aliphatic heterocycles. The molecule has 0 aliphatic rings. The van der Waals surface area contributed by atoms with Gasteiger partial charge in [0, 0.05) is 7.05 Å². The molecule has 1 heterocycles. The summed E-state index contributed by atoms with van der Waals surface area (Å²) in [6.45, 7) is 0. The SMILES string of the molecule is CNC(=S)Nc1ccc(Cl)nc1. The second kappa shape index (κ2) is 4.23. The minimum Gasteiger partial charge on any atom is -0.366 e. The van der Waals surface area contributed by atoms with E-state index in [1.807, 2.05) is 0 Å². The number of hydrogen-bond donors (Lipinski definition) is 2. The molecule has 1 aromatic heterocycles. The van der Waals surface area contributed by atoms with E-state index in [1.54, 1.807) is 25.4 Å². The lowest BCUT2D eigenvalue weighted by molar-refractivity contribution is 1.19. The molecule has 0 saturated carbocycles. The van der Waals surface area contributed by atoms with Crippen LogP contribution in [0.3, 0.4) is 0 Å². The Labute approximate surface area is 81.1 Å². The number of hydrogen-bond acceptors (Lipinski definition) is 2. The molecule has 3 nitrogen and oxygen atoms in total. The molecule has 0 spiro atoms. The van der Waals surface area contributed by atoms with E-state index in [-0.39, 0.29) is 0 Å². The second-order valence-electron chi connectivity index (χ2n) is 2.07. The first-order valence-electron chi connectivity index (χ1n) is 3.32. The Hall–Kier alpha value is -0.870. The van der Waals surface area contributed by atoms with E-state index in [4.69, 9.17) is 23.8 Å². The second-order valence-corrected chi connectivity index (χ2v) is 2.87. The number of nitrogens with zero attached hydrogens (tertiary/aromatic N) is 1. The average Bonchev–Trinajstić information content (AvgIpc) is 2.09. The highest BCUT2D eigenvalue weighted by molar-refractivity contribution is 7.80. The third-order valence-electron chi connectivity index (χ3n) is 1.21. The van der Waals surface area contributed by atoms with Crippen LogP contribution in [0.4, 0.5) is 5.69 Å². The van der Waals surface area contributed by atoms with Gasteiger partial charge in [0.25, 0.3) is 0 Å². The Balaban J connectivity index is 2.64. The van der Waals surface area contributed by atoms with Crippen molar-refractivity contribution in [1.82, 2.24) is 10.3 Å². The van der Waals surface area contributed by atoms with Crippen LogP contribution in [0.1, 0.15) is 0 Å². The van der Waals surface area contributed by atoms with Crippen LogP contribution < -0.4 is 10.6 Å². The van der Waals surface area contributed by atoms with Crippen molar-refractivity contribution in [3.05, 3.63) is 23.5 Å². The Morgan fingerprint density at radius 2 is 2.33 bits per heavy atom. The molecule has 0 bridgehead atoms. The summed E-state index contributed by atoms with van der Waals surface area (Å²) in [7, 11) is 1.75. The Morgan fingerprint density at radius 3 is 2.83 bits per heavy atom. The van der Waals surface area contributed by atoms with Crippen molar-refractivity contribution < 1.29 is 0 Å². The van der Waals surface area contributed by atoms with Crippen molar-refractivity contribution in [1.29, 1.82) is 0 Å². The largest absolute Gasteiger partial charge is 0.366 e. The Bertz CT molecular complexity index is 272. The Kier molecular flexibility index (Phi) is 3.25. The molecule has 0 aliphatic carbocycles. The molecule has 0 radical (unpaired) electrons. The van der Waals surface area contributed by atoms with Crippen molar-refractivity contribution >= 4 is 34.6 Å². The first kappa shape index (κ1) is 9.22. The summed E-state index contributed by atoms with van der Waals surface area (Å²) in [5, 5.41) is 6.73. The van der Waals surface area contributed by atoms with E-state index < -0.39 is 0 Å². The van der Waals surface area contributed by atoms with Gasteiger partial charge >= 0.3 is 0 Å². The van der Waals surface area contributed by atoms with E-state index in [0.717, 1.165) is 5.69 Å². The van der Waals surface area contributed by atoms with E-state index in [1.165, 1.54) is 0 Å². The van der Waals surface area contributed by atoms with E-state index >= 15 is 0 Å². The summed E-state index contributed by atoms with van der Waals surface area (Å²) in [4.78, 5) is 3.88. The predicted molar refractivity (Wildman–Crippen MR) is 54.5 cm³/mol. The molecule has 0 fully saturated rings. The number of thiocarbonyl (C=S) groups is 1. The van der Waals surface area contributed by atoms with Crippen molar-refractivity contribution in [2.75, 3.05) is 12.4 Å². The van der Waals surface area contributed by atoms with Crippen LogP contribution >= 0.6 is 23.8 Å². The third kappa shape index (κ3) is 2.64. The fraction of sp³-hybridized carbons (Fsp3) is 0.143. The average molecular weight is 202 g/mol. The summed E-state index contributed by atoms with van der Waals surface area (Å²) in [6, 6.07) is 3.50. The number of rotatable bonds is 1. The molecule has 0 unspecified atom stereocenters. The molecule has 1 aromatic rings. The highest BCUT2D eigenvalue weighted by atomic mass is 35.5. The first-order chi connectivity index (χ1) is 5.72. The van der Waals surface area contributed by atoms with Gasteiger partial charge in [0.15, 0.2) is 5.11 Å². The van der Waals surface area contributed by atoms with Crippen LogP contribution in [0, 0.1) is 0 Å². The van der Waals surface area contributed by atoms with Gasteiger partial charge in [-0.15, -0.1) is 0 Å². The van der Waals surface area contributed by atoms with Gasteiger partial charge < -0.3 is 10.6 Å². The minimum absolute atomic E-state index is 0.468. The van der Waals surface area contributed by atoms with E-state index in [0.29, 0.717) is 10.3 Å². The summed E-state index contributed by atoms with van der Waals surface area (Å²) < 4.78 is 0. The summed E-state index contributed by atoms with van der Waals surface area (Å²) in [6.07, 6.45) is 1.62. The predicted octanol–water partition coefficient (Wildman–Crippen LogP) is 1.65. The molecule has 0 amide bonds. The maximum atomic E-state index is 5.59. The normalized spacial score (nSPS) is 9.17. The van der Waals surface area contributed by atoms with Crippen LogP contribution in [-0.4, -0.2) is 17.1 Å². The molecule has 2 N–H and O–H groups in total. The van der Waals surface area contributed by atoms with Crippen LogP contribution in [0.2, 0.25) is 5.15 Å². The highest BCUT2D eigenvalue weighted by Gasteiger charge is 1.94. The lowest BCUT2D eigenvalue weighted by Gasteiger charge is -2.05. The third-order valence-corrected chi connectivity index (χ3v) is 1.74. The van der Waals surface area contributed by atoms with Crippen molar-refractivity contribution in [3.8, 4) is 0 Å². The van der Waals surface area contributed by atoms with Crippen LogP contribution in [0.15, 0.2) is 18.3 Å². The number of aromatic nitrogens is 1. The zero-order valence-corrected chi connectivity index (χ0v) is 8.04. The first-order valence-corrected chi connectivity index (χ1v) is 4.11. The minimum atomic E-state index is 0.468. The maximum absolute atomic E-state index is 5.59. The Morgan fingerprint density at radius 1 is 1.58 bits per heavy atom. The zero-order valence-electron chi connectivity index (χ0n) is 6.47. The molecule has 12 heavy (non-hydrogen) atoms. The quantitative estimate of drug-likeness (QED) is 0.535. The van der Waals surface area contributed by atoms with Crippen molar-refractivity contribution in [2.45, 2.75) is 0 Å². The fourth-order valence-electron chi connectivity index (χ4n) is 0.643. The number of pyridine rings is 1. The van der Waals surface area contributed by atoms with Gasteiger partial charge in [-0.25, -0.2) is 4.98 Å². The molecule has 1 rings (SSSR count). The van der Waals surface area contributed by atoms with Gasteiger partial charge in [0.05, 0.1) is 11.9 Å². The van der Waals surface area contributed by atoms with E-state index in [2.05, 4.69) is 15.6 Å². The van der Waals surface area contributed by atoms with Gasteiger partial charge in [0.1, 0.15) is 5.15 Å². The van der Waals surface area contributed by atoms with Gasteiger partial charge in [-0.3, -0.25) is 0 Å². The summed E-state index contributed by atoms with van der Waals surface area (Å²) in [5.41, 5.74) is 0.818. The summed E-state index contributed by atoms with van der Waals surface area (Å²) >= 11 is 10.5. The summed E-state index contributed by atoms with van der Waals surface area (Å²) in [5.74, 6) is 0. The maximum Gasteiger partial charge on any atom is 0.170 e. The topological polar surface area (TPSA) is 37.0 Å². The van der Waals surface area contributed by atoms with E-state index in [9.17, 15) is 0 Å². The highest BCUT2D eigenvalue weighted by Crippen LogP contribution is 2.08. The molecule has 0 atom stereocenters. The fourth-order valence-corrected chi connectivity index (χ4v) is 0.873. The molecule has 64 valence electrons. The number of halogens is 1. The molecule has 0 saturated heterocycles. The van der Waals surface area contributed by atoms with Crippen LogP contribution in [0.5, 0.6) is 0 Å². The smallest absolute Gasteiger partial charge is 0.170 e. The molecule has 0 aromatic carbocycles. The molecular weight excluding hydrogens is 194 g/mol. The monoisotopic (exact) mass is 201 g/mol. The van der Waals surface area contributed by atoms with Crippen molar-refractivity contribution in [2.24, 2.45) is 0 Å². The van der Waals surface area contributed by atoms with Crippen LogP contribution in [-0.2, 0) is 0 Å². The number of anilines is 1. The van der Waals surface area contributed by atoms with Crippen molar-refractivity contribution in [3.63, 3.8) is 0 Å². The lowest BCUT2D eigenvalue weighted by Crippen LogP contribution is -2.24. The molecule has 5 heteroatoms.